The molecule has 0 saturated carbocycles. The lowest BCUT2D eigenvalue weighted by Gasteiger charge is -2.22. The summed E-state index contributed by atoms with van der Waals surface area (Å²) in [7, 11) is 0. The molecule has 140 valence electrons. The second kappa shape index (κ2) is 6.27. The van der Waals surface area contributed by atoms with Crippen LogP contribution in [0.4, 0.5) is 4.79 Å². The zero-order valence-corrected chi connectivity index (χ0v) is 16.3. The molecule has 2 aliphatic rings. The molecule has 1 aromatic heterocycles. The van der Waals surface area contributed by atoms with Crippen molar-refractivity contribution < 1.29 is 9.59 Å². The van der Waals surface area contributed by atoms with Crippen LogP contribution in [0.15, 0.2) is 53.9 Å². The molecule has 1 atom stereocenters. The van der Waals surface area contributed by atoms with Gasteiger partial charge in [0.25, 0.3) is 5.91 Å². The van der Waals surface area contributed by atoms with Crippen LogP contribution in [0.25, 0.3) is 10.6 Å². The highest BCUT2D eigenvalue weighted by atomic mass is 32.1. The summed E-state index contributed by atoms with van der Waals surface area (Å²) in [6.07, 6.45) is 1.41. The highest BCUT2D eigenvalue weighted by Gasteiger charge is 2.55. The average molecular weight is 389 g/mol. The van der Waals surface area contributed by atoms with Crippen LogP contribution in [0.2, 0.25) is 0 Å². The van der Waals surface area contributed by atoms with Gasteiger partial charge in [-0.15, -0.1) is 11.3 Å². The SMILES string of the molecule is Cc1ccc(-c2nc(CN3C(=O)NC4(CCc5ccccc54)C3=O)cs2)cc1. The number of amides is 3. The zero-order valence-electron chi connectivity index (χ0n) is 15.4. The van der Waals surface area contributed by atoms with Crippen LogP contribution < -0.4 is 5.32 Å². The summed E-state index contributed by atoms with van der Waals surface area (Å²) in [6.45, 7) is 2.24. The second-order valence-corrected chi connectivity index (χ2v) is 8.25. The van der Waals surface area contributed by atoms with Crippen LogP contribution in [0.5, 0.6) is 0 Å². The van der Waals surface area contributed by atoms with Crippen molar-refractivity contribution in [3.05, 3.63) is 76.3 Å². The maximum atomic E-state index is 13.2. The first-order valence-corrected chi connectivity index (χ1v) is 10.2. The molecule has 1 saturated heterocycles. The van der Waals surface area contributed by atoms with E-state index in [1.807, 2.05) is 48.7 Å². The molecule has 1 aliphatic carbocycles. The van der Waals surface area contributed by atoms with Crippen LogP contribution >= 0.6 is 11.3 Å². The van der Waals surface area contributed by atoms with E-state index < -0.39 is 5.54 Å². The number of imide groups is 1. The number of nitrogens with one attached hydrogen (secondary N) is 1. The molecular formula is C22H19N3O2S. The predicted molar refractivity (Wildman–Crippen MR) is 108 cm³/mol. The molecular weight excluding hydrogens is 370 g/mol. The highest BCUT2D eigenvalue weighted by molar-refractivity contribution is 7.13. The zero-order chi connectivity index (χ0) is 19.3. The fourth-order valence-corrected chi connectivity index (χ4v) is 4.92. The van der Waals surface area contributed by atoms with E-state index in [4.69, 9.17) is 0 Å². The van der Waals surface area contributed by atoms with Gasteiger partial charge in [-0.3, -0.25) is 9.69 Å². The molecule has 5 rings (SSSR count). The van der Waals surface area contributed by atoms with Crippen molar-refractivity contribution in [2.24, 2.45) is 0 Å². The monoisotopic (exact) mass is 389 g/mol. The number of aromatic nitrogens is 1. The molecule has 0 radical (unpaired) electrons. The number of carbonyl (C=O) groups excluding carboxylic acids is 2. The lowest BCUT2D eigenvalue weighted by Crippen LogP contribution is -2.41. The first-order valence-electron chi connectivity index (χ1n) is 9.31. The van der Waals surface area contributed by atoms with Crippen LogP contribution in [0.3, 0.4) is 0 Å². The third-order valence-electron chi connectivity index (χ3n) is 5.59. The standard InChI is InChI=1S/C22H19N3O2S/c1-14-6-8-16(9-7-14)19-23-17(13-28-19)12-25-20(26)22(24-21(25)27)11-10-15-4-2-3-5-18(15)22/h2-9,13H,10-12H2,1H3,(H,24,27). The Bertz CT molecular complexity index is 1090. The number of aryl methyl sites for hydroxylation is 2. The number of fused-ring (bicyclic) bond motifs is 2. The molecule has 1 N–H and O–H groups in total. The van der Waals surface area contributed by atoms with E-state index >= 15 is 0 Å². The van der Waals surface area contributed by atoms with Crippen molar-refractivity contribution in [2.75, 3.05) is 0 Å². The number of hydrogen-bond acceptors (Lipinski definition) is 4. The average Bonchev–Trinajstić information content (AvgIpc) is 3.37. The number of carbonyl (C=O) groups is 2. The normalized spacial score (nSPS) is 20.7. The van der Waals surface area contributed by atoms with Gasteiger partial charge < -0.3 is 5.32 Å². The van der Waals surface area contributed by atoms with Crippen molar-refractivity contribution in [3.8, 4) is 10.6 Å². The molecule has 6 heteroatoms. The van der Waals surface area contributed by atoms with Crippen molar-refractivity contribution in [1.29, 1.82) is 0 Å². The quantitative estimate of drug-likeness (QED) is 0.689. The molecule has 1 fully saturated rings. The Hall–Kier alpha value is -2.99. The summed E-state index contributed by atoms with van der Waals surface area (Å²) in [5.41, 5.74) is 4.11. The van der Waals surface area contributed by atoms with E-state index in [1.165, 1.54) is 21.8 Å². The first-order chi connectivity index (χ1) is 13.6. The van der Waals surface area contributed by atoms with Crippen LogP contribution in [-0.2, 0) is 23.3 Å². The summed E-state index contributed by atoms with van der Waals surface area (Å²) < 4.78 is 0. The van der Waals surface area contributed by atoms with Crippen molar-refractivity contribution >= 4 is 23.3 Å². The highest BCUT2D eigenvalue weighted by Crippen LogP contribution is 2.41. The minimum Gasteiger partial charge on any atom is -0.319 e. The summed E-state index contributed by atoms with van der Waals surface area (Å²) in [4.78, 5) is 31.8. The predicted octanol–water partition coefficient (Wildman–Crippen LogP) is 4.01. The third kappa shape index (κ3) is 2.56. The lowest BCUT2D eigenvalue weighted by molar-refractivity contribution is -0.132. The van der Waals surface area contributed by atoms with Gasteiger partial charge >= 0.3 is 6.03 Å². The molecule has 3 aromatic rings. The number of hydrogen-bond donors (Lipinski definition) is 1. The van der Waals surface area contributed by atoms with Gasteiger partial charge in [-0.1, -0.05) is 54.1 Å². The van der Waals surface area contributed by atoms with E-state index in [0.29, 0.717) is 6.42 Å². The maximum absolute atomic E-state index is 13.2. The van der Waals surface area contributed by atoms with Gasteiger partial charge in [0, 0.05) is 10.9 Å². The van der Waals surface area contributed by atoms with Gasteiger partial charge in [0.1, 0.15) is 10.5 Å². The largest absolute Gasteiger partial charge is 0.325 e. The van der Waals surface area contributed by atoms with Gasteiger partial charge in [-0.2, -0.15) is 0 Å². The number of rotatable bonds is 3. The maximum Gasteiger partial charge on any atom is 0.325 e. The molecule has 1 aliphatic heterocycles. The Morgan fingerprint density at radius 3 is 2.75 bits per heavy atom. The van der Waals surface area contributed by atoms with Crippen LogP contribution in [0, 0.1) is 6.92 Å². The van der Waals surface area contributed by atoms with E-state index in [1.54, 1.807) is 0 Å². The summed E-state index contributed by atoms with van der Waals surface area (Å²) in [5, 5.41) is 5.77. The lowest BCUT2D eigenvalue weighted by atomic mass is 9.92. The smallest absolute Gasteiger partial charge is 0.319 e. The van der Waals surface area contributed by atoms with Crippen molar-refractivity contribution in [1.82, 2.24) is 15.2 Å². The Labute approximate surface area is 167 Å². The first kappa shape index (κ1) is 17.1. The van der Waals surface area contributed by atoms with Gasteiger partial charge in [0.05, 0.1) is 12.2 Å². The van der Waals surface area contributed by atoms with E-state index in [2.05, 4.69) is 22.4 Å². The minimum absolute atomic E-state index is 0.174. The molecule has 1 unspecified atom stereocenters. The number of nitrogens with zero attached hydrogens (tertiary/aromatic N) is 2. The molecule has 1 spiro atoms. The van der Waals surface area contributed by atoms with Crippen LogP contribution in [0.1, 0.15) is 28.8 Å². The molecule has 28 heavy (non-hydrogen) atoms. The van der Waals surface area contributed by atoms with Gasteiger partial charge in [0.2, 0.25) is 0 Å². The molecule has 2 heterocycles. The number of thiazole rings is 1. The topological polar surface area (TPSA) is 62.3 Å². The summed E-state index contributed by atoms with van der Waals surface area (Å²) >= 11 is 1.53. The number of benzene rings is 2. The Morgan fingerprint density at radius 2 is 1.93 bits per heavy atom. The van der Waals surface area contributed by atoms with E-state index in [0.717, 1.165) is 33.8 Å². The second-order valence-electron chi connectivity index (χ2n) is 7.39. The summed E-state index contributed by atoms with van der Waals surface area (Å²) in [6, 6.07) is 15.7. The molecule has 2 aromatic carbocycles. The number of urea groups is 1. The molecule has 0 bridgehead atoms. The minimum atomic E-state index is -0.913. The molecule has 3 amide bonds. The van der Waals surface area contributed by atoms with Gasteiger partial charge in [-0.05, 0) is 30.9 Å². The van der Waals surface area contributed by atoms with E-state index in [9.17, 15) is 9.59 Å². The molecule has 5 nitrogen and oxygen atoms in total. The van der Waals surface area contributed by atoms with Crippen LogP contribution in [-0.4, -0.2) is 21.8 Å². The van der Waals surface area contributed by atoms with Gasteiger partial charge in [-0.25, -0.2) is 9.78 Å². The Kier molecular flexibility index (Phi) is 3.84. The Morgan fingerprint density at radius 1 is 1.14 bits per heavy atom. The summed E-state index contributed by atoms with van der Waals surface area (Å²) in [5.74, 6) is -0.174. The van der Waals surface area contributed by atoms with Gasteiger partial charge in [0.15, 0.2) is 0 Å². The Balaban J connectivity index is 1.40. The van der Waals surface area contributed by atoms with Crippen molar-refractivity contribution in [2.45, 2.75) is 31.8 Å². The van der Waals surface area contributed by atoms with Crippen molar-refractivity contribution in [3.63, 3.8) is 0 Å². The fourth-order valence-electron chi connectivity index (χ4n) is 4.10. The van der Waals surface area contributed by atoms with E-state index in [-0.39, 0.29) is 18.5 Å². The third-order valence-corrected chi connectivity index (χ3v) is 6.53. The fraction of sp³-hybridized carbons (Fsp3) is 0.227.